The van der Waals surface area contributed by atoms with E-state index in [1.165, 1.54) is 11.6 Å². The zero-order valence-corrected chi connectivity index (χ0v) is 17.7. The quantitative estimate of drug-likeness (QED) is 0.462. The molecule has 3 aromatic rings. The average Bonchev–Trinajstić information content (AvgIpc) is 2.79. The number of morpholine rings is 1. The van der Waals surface area contributed by atoms with Crippen LogP contribution in [-0.2, 0) is 17.7 Å². The van der Waals surface area contributed by atoms with Gasteiger partial charge in [0.25, 0.3) is 0 Å². The molecule has 32 heavy (non-hydrogen) atoms. The van der Waals surface area contributed by atoms with Crippen LogP contribution in [-0.4, -0.2) is 37.1 Å². The lowest BCUT2D eigenvalue weighted by Crippen LogP contribution is -2.45. The third-order valence-electron chi connectivity index (χ3n) is 5.74. The van der Waals surface area contributed by atoms with Gasteiger partial charge in [-0.2, -0.15) is 0 Å². The molecule has 1 fully saturated rings. The Hall–Kier alpha value is -2.83. The predicted molar refractivity (Wildman–Crippen MR) is 117 cm³/mol. The molecule has 1 saturated heterocycles. The van der Waals surface area contributed by atoms with Crippen molar-refractivity contribution in [1.82, 2.24) is 4.90 Å². The first-order valence-electron chi connectivity index (χ1n) is 10.7. The van der Waals surface area contributed by atoms with E-state index in [4.69, 9.17) is 4.74 Å². The van der Waals surface area contributed by atoms with Gasteiger partial charge in [-0.15, -0.1) is 13.2 Å². The Morgan fingerprint density at radius 2 is 1.56 bits per heavy atom. The van der Waals surface area contributed by atoms with Gasteiger partial charge < -0.3 is 9.47 Å². The van der Waals surface area contributed by atoms with E-state index in [2.05, 4.69) is 21.8 Å². The zero-order chi connectivity index (χ0) is 22.4. The van der Waals surface area contributed by atoms with Gasteiger partial charge in [0, 0.05) is 25.6 Å². The highest BCUT2D eigenvalue weighted by Crippen LogP contribution is 2.34. The highest BCUT2D eigenvalue weighted by Gasteiger charge is 2.34. The second-order valence-electron chi connectivity index (χ2n) is 8.01. The number of benzene rings is 3. The van der Waals surface area contributed by atoms with Gasteiger partial charge in [0.1, 0.15) is 5.75 Å². The summed E-state index contributed by atoms with van der Waals surface area (Å²) in [5.41, 5.74) is 2.79. The van der Waals surface area contributed by atoms with E-state index in [9.17, 15) is 13.2 Å². The van der Waals surface area contributed by atoms with E-state index in [1.807, 2.05) is 48.5 Å². The van der Waals surface area contributed by atoms with Crippen LogP contribution in [0.2, 0.25) is 0 Å². The van der Waals surface area contributed by atoms with Crippen LogP contribution in [0.3, 0.4) is 0 Å². The Morgan fingerprint density at radius 3 is 2.28 bits per heavy atom. The van der Waals surface area contributed by atoms with Crippen molar-refractivity contribution >= 4 is 0 Å². The zero-order valence-electron chi connectivity index (χ0n) is 17.7. The number of alkyl halides is 3. The molecule has 1 unspecified atom stereocenters. The fraction of sp³-hybridized carbons (Fsp3) is 0.308. The van der Waals surface area contributed by atoms with Gasteiger partial charge in [-0.05, 0) is 29.2 Å². The minimum atomic E-state index is -4.73. The largest absolute Gasteiger partial charge is 0.573 e. The van der Waals surface area contributed by atoms with Crippen LogP contribution in [0.1, 0.15) is 22.6 Å². The van der Waals surface area contributed by atoms with Gasteiger partial charge >= 0.3 is 6.36 Å². The van der Waals surface area contributed by atoms with Crippen molar-refractivity contribution in [1.29, 1.82) is 0 Å². The Kier molecular flexibility index (Phi) is 7.12. The molecule has 0 aliphatic carbocycles. The van der Waals surface area contributed by atoms with E-state index in [0.717, 1.165) is 18.7 Å². The van der Waals surface area contributed by atoms with Crippen LogP contribution in [0.5, 0.6) is 5.75 Å². The molecule has 0 radical (unpaired) electrons. The minimum absolute atomic E-state index is 0.104. The van der Waals surface area contributed by atoms with Crippen molar-refractivity contribution in [3.05, 3.63) is 102 Å². The lowest BCUT2D eigenvalue weighted by Gasteiger charge is -2.37. The van der Waals surface area contributed by atoms with Gasteiger partial charge in [0.05, 0.1) is 12.7 Å². The molecule has 168 valence electrons. The summed E-state index contributed by atoms with van der Waals surface area (Å²) in [6.07, 6.45) is -4.49. The van der Waals surface area contributed by atoms with Crippen molar-refractivity contribution in [2.75, 3.05) is 19.7 Å². The lowest BCUT2D eigenvalue weighted by molar-refractivity contribution is -0.274. The Balaban J connectivity index is 1.57. The van der Waals surface area contributed by atoms with Crippen LogP contribution in [0.4, 0.5) is 13.2 Å². The molecule has 0 bridgehead atoms. The number of hydrogen-bond acceptors (Lipinski definition) is 3. The second kappa shape index (κ2) is 10.2. The molecule has 0 spiro atoms. The molecule has 0 N–H and O–H groups in total. The summed E-state index contributed by atoms with van der Waals surface area (Å²) in [7, 11) is 0. The number of para-hydroxylation sites is 1. The molecule has 1 aliphatic rings. The first kappa shape index (κ1) is 22.4. The summed E-state index contributed by atoms with van der Waals surface area (Å²) >= 11 is 0. The van der Waals surface area contributed by atoms with Crippen LogP contribution in [0.15, 0.2) is 84.9 Å². The Labute approximate surface area is 186 Å². The summed E-state index contributed by atoms with van der Waals surface area (Å²) in [5, 5.41) is 0. The highest BCUT2D eigenvalue weighted by molar-refractivity contribution is 5.36. The number of nitrogens with zero attached hydrogens (tertiary/aromatic N) is 1. The fourth-order valence-electron chi connectivity index (χ4n) is 4.26. The first-order valence-corrected chi connectivity index (χ1v) is 10.7. The number of ether oxygens (including phenoxy) is 2. The van der Waals surface area contributed by atoms with Crippen molar-refractivity contribution in [3.63, 3.8) is 0 Å². The molecule has 1 aliphatic heterocycles. The normalized spacial score (nSPS) is 18.3. The third-order valence-corrected chi connectivity index (χ3v) is 5.74. The number of halogens is 3. The molecule has 6 heteroatoms. The standard InChI is InChI=1S/C26H26F3NO2/c27-26(28,29)32-24-14-8-7-13-22(24)17-23(21-11-5-2-6-12-21)25-19-30(15-16-31-25)18-20-9-3-1-4-10-20/h1-14,23,25H,15-19H2/t23?,25-/m1/s1. The summed E-state index contributed by atoms with van der Waals surface area (Å²) in [5.74, 6) is -0.259. The molecular formula is C26H26F3NO2. The maximum atomic E-state index is 12.9. The van der Waals surface area contributed by atoms with Gasteiger partial charge in [0.15, 0.2) is 0 Å². The lowest BCUT2D eigenvalue weighted by atomic mass is 9.86. The molecule has 0 aromatic heterocycles. The van der Waals surface area contributed by atoms with E-state index in [-0.39, 0.29) is 17.8 Å². The van der Waals surface area contributed by atoms with Crippen LogP contribution in [0, 0.1) is 0 Å². The molecule has 0 amide bonds. The van der Waals surface area contributed by atoms with Crippen molar-refractivity contribution in [2.24, 2.45) is 0 Å². The third kappa shape index (κ3) is 6.11. The van der Waals surface area contributed by atoms with Gasteiger partial charge in [0.2, 0.25) is 0 Å². The molecule has 3 nitrogen and oxygen atoms in total. The molecule has 2 atom stereocenters. The first-order chi connectivity index (χ1) is 15.5. The molecule has 1 heterocycles. The van der Waals surface area contributed by atoms with Gasteiger partial charge in [-0.3, -0.25) is 4.90 Å². The number of rotatable bonds is 7. The highest BCUT2D eigenvalue weighted by atomic mass is 19.4. The smallest absolute Gasteiger partial charge is 0.406 e. The summed E-state index contributed by atoms with van der Waals surface area (Å²) in [4.78, 5) is 2.34. The van der Waals surface area contributed by atoms with Crippen molar-refractivity contribution in [3.8, 4) is 5.75 Å². The Morgan fingerprint density at radius 1 is 0.906 bits per heavy atom. The van der Waals surface area contributed by atoms with E-state index in [1.54, 1.807) is 18.2 Å². The molecular weight excluding hydrogens is 415 g/mol. The SMILES string of the molecule is FC(F)(F)Oc1ccccc1CC(c1ccccc1)[C@H]1CN(Cc2ccccc2)CCO1. The number of hydrogen-bond donors (Lipinski definition) is 0. The maximum absolute atomic E-state index is 12.9. The molecule has 3 aromatic carbocycles. The molecule has 0 saturated carbocycles. The maximum Gasteiger partial charge on any atom is 0.573 e. The van der Waals surface area contributed by atoms with Crippen molar-refractivity contribution < 1.29 is 22.6 Å². The van der Waals surface area contributed by atoms with Crippen molar-refractivity contribution in [2.45, 2.75) is 31.3 Å². The summed E-state index contributed by atoms with van der Waals surface area (Å²) < 4.78 is 49.3. The van der Waals surface area contributed by atoms with Gasteiger partial charge in [-0.25, -0.2) is 0 Å². The second-order valence-corrected chi connectivity index (χ2v) is 8.01. The summed E-state index contributed by atoms with van der Waals surface area (Å²) in [6, 6.07) is 26.5. The fourth-order valence-corrected chi connectivity index (χ4v) is 4.26. The Bertz CT molecular complexity index is 979. The van der Waals surface area contributed by atoms with Gasteiger partial charge in [-0.1, -0.05) is 78.9 Å². The minimum Gasteiger partial charge on any atom is -0.406 e. The van der Waals surface area contributed by atoms with E-state index in [0.29, 0.717) is 25.1 Å². The van der Waals surface area contributed by atoms with E-state index >= 15 is 0 Å². The topological polar surface area (TPSA) is 21.7 Å². The van der Waals surface area contributed by atoms with E-state index < -0.39 is 6.36 Å². The average molecular weight is 441 g/mol. The van der Waals surface area contributed by atoms with Crippen LogP contribution >= 0.6 is 0 Å². The van der Waals surface area contributed by atoms with Crippen LogP contribution < -0.4 is 4.74 Å². The van der Waals surface area contributed by atoms with Crippen LogP contribution in [0.25, 0.3) is 0 Å². The summed E-state index contributed by atoms with van der Waals surface area (Å²) in [6.45, 7) is 2.93. The molecule has 4 rings (SSSR count). The monoisotopic (exact) mass is 441 g/mol. The predicted octanol–water partition coefficient (Wildman–Crippen LogP) is 5.81.